The number of piperidine rings is 1. The molecule has 0 atom stereocenters. The molecule has 158 valence electrons. The van der Waals surface area contributed by atoms with Crippen LogP contribution in [0.15, 0.2) is 24.3 Å². The lowest BCUT2D eigenvalue weighted by molar-refractivity contribution is -0.119. The molecule has 0 saturated carbocycles. The van der Waals surface area contributed by atoms with Gasteiger partial charge in [0.05, 0.1) is 11.9 Å². The van der Waals surface area contributed by atoms with E-state index >= 15 is 0 Å². The summed E-state index contributed by atoms with van der Waals surface area (Å²) in [5.41, 5.74) is 1.62. The molecule has 0 bridgehead atoms. The summed E-state index contributed by atoms with van der Waals surface area (Å²) < 4.78 is 25.7. The topological polar surface area (TPSA) is 69.7 Å². The van der Waals surface area contributed by atoms with Crippen molar-refractivity contribution in [3.05, 3.63) is 29.8 Å². The number of hydrogen-bond donors (Lipinski definition) is 1. The Balaban J connectivity index is 1.94. The molecule has 1 heterocycles. The van der Waals surface area contributed by atoms with Gasteiger partial charge in [-0.05, 0) is 68.4 Å². The highest BCUT2D eigenvalue weighted by atomic mass is 32.2. The molecule has 1 aliphatic heterocycles. The predicted octanol–water partition coefficient (Wildman–Crippen LogP) is 2.60. The smallest absolute Gasteiger partial charge is 0.240 e. The monoisotopic (exact) mass is 409 g/mol. The average molecular weight is 410 g/mol. The van der Waals surface area contributed by atoms with Gasteiger partial charge in [0, 0.05) is 6.54 Å². The molecule has 1 fully saturated rings. The van der Waals surface area contributed by atoms with Crippen molar-refractivity contribution in [2.24, 2.45) is 5.92 Å². The van der Waals surface area contributed by atoms with E-state index in [1.807, 2.05) is 12.1 Å². The van der Waals surface area contributed by atoms with Crippen LogP contribution in [0.25, 0.3) is 0 Å². The summed E-state index contributed by atoms with van der Waals surface area (Å²) in [7, 11) is -1.42. The first-order valence-corrected chi connectivity index (χ1v) is 11.8. The molecule has 6 nitrogen and oxygen atoms in total. The van der Waals surface area contributed by atoms with E-state index < -0.39 is 10.0 Å². The predicted molar refractivity (Wildman–Crippen MR) is 115 cm³/mol. The van der Waals surface area contributed by atoms with E-state index in [1.54, 1.807) is 12.1 Å². The van der Waals surface area contributed by atoms with Crippen LogP contribution in [-0.4, -0.2) is 58.7 Å². The molecule has 7 heteroatoms. The molecule has 1 aromatic carbocycles. The zero-order valence-electron chi connectivity index (χ0n) is 17.9. The summed E-state index contributed by atoms with van der Waals surface area (Å²) in [6, 6.07) is 7.39. The Bertz CT molecular complexity index is 746. The first-order valence-electron chi connectivity index (χ1n) is 10.0. The van der Waals surface area contributed by atoms with Crippen molar-refractivity contribution in [3.63, 3.8) is 0 Å². The van der Waals surface area contributed by atoms with Gasteiger partial charge in [-0.3, -0.25) is 9.10 Å². The first kappa shape index (κ1) is 22.7. The van der Waals surface area contributed by atoms with E-state index in [4.69, 9.17) is 0 Å². The Morgan fingerprint density at radius 1 is 1.18 bits per heavy atom. The second-order valence-electron chi connectivity index (χ2n) is 8.95. The lowest BCUT2D eigenvalue weighted by atomic mass is 9.87. The van der Waals surface area contributed by atoms with Crippen LogP contribution in [0.3, 0.4) is 0 Å². The molecule has 1 aromatic rings. The summed E-state index contributed by atoms with van der Waals surface area (Å²) in [5.74, 6) is 0.366. The molecule has 2 rings (SSSR count). The Kier molecular flexibility index (Phi) is 7.51. The zero-order valence-corrected chi connectivity index (χ0v) is 18.7. The van der Waals surface area contributed by atoms with Crippen molar-refractivity contribution in [2.45, 2.75) is 45.4 Å². The van der Waals surface area contributed by atoms with Crippen LogP contribution >= 0.6 is 0 Å². The summed E-state index contributed by atoms with van der Waals surface area (Å²) >= 11 is 0. The number of carbonyl (C=O) groups is 1. The fraction of sp³-hybridized carbons (Fsp3) is 0.667. The Hall–Kier alpha value is -1.60. The Labute approximate surface area is 170 Å². The van der Waals surface area contributed by atoms with Gasteiger partial charge in [0.2, 0.25) is 15.9 Å². The van der Waals surface area contributed by atoms with Crippen molar-refractivity contribution < 1.29 is 13.2 Å². The summed E-state index contributed by atoms with van der Waals surface area (Å²) in [6.45, 7) is 8.92. The van der Waals surface area contributed by atoms with E-state index in [-0.39, 0.29) is 17.9 Å². The second-order valence-corrected chi connectivity index (χ2v) is 10.9. The molecule has 1 saturated heterocycles. The van der Waals surface area contributed by atoms with E-state index in [2.05, 4.69) is 38.0 Å². The minimum absolute atomic E-state index is 0.0141. The maximum absolute atomic E-state index is 12.4. The molecule has 1 N–H and O–H groups in total. The highest BCUT2D eigenvalue weighted by Crippen LogP contribution is 2.26. The fourth-order valence-corrected chi connectivity index (χ4v) is 4.34. The normalized spacial score (nSPS) is 16.8. The lowest BCUT2D eigenvalue weighted by Crippen LogP contribution is -2.41. The third-order valence-corrected chi connectivity index (χ3v) is 6.56. The standard InChI is InChI=1S/C21H35N3O3S/c1-21(2,3)18-6-8-19(9-7-18)24(28(5,26)27)16-20(25)22-13-10-17-11-14-23(4)15-12-17/h6-9,17H,10-16H2,1-5H3,(H,22,25). The number of carbonyl (C=O) groups excluding carboxylic acids is 1. The summed E-state index contributed by atoms with van der Waals surface area (Å²) in [4.78, 5) is 14.7. The largest absolute Gasteiger partial charge is 0.355 e. The minimum Gasteiger partial charge on any atom is -0.355 e. The quantitative estimate of drug-likeness (QED) is 0.752. The van der Waals surface area contributed by atoms with E-state index in [0.717, 1.165) is 44.2 Å². The third-order valence-electron chi connectivity index (χ3n) is 5.42. The molecule has 28 heavy (non-hydrogen) atoms. The minimum atomic E-state index is -3.55. The fourth-order valence-electron chi connectivity index (χ4n) is 3.48. The third kappa shape index (κ3) is 6.78. The maximum atomic E-state index is 12.4. The molecular weight excluding hydrogens is 374 g/mol. The molecule has 0 unspecified atom stereocenters. The van der Waals surface area contributed by atoms with Gasteiger partial charge in [0.15, 0.2) is 0 Å². The van der Waals surface area contributed by atoms with Crippen LogP contribution in [0.2, 0.25) is 0 Å². The van der Waals surface area contributed by atoms with Crippen molar-refractivity contribution in [1.82, 2.24) is 10.2 Å². The molecule has 1 amide bonds. The van der Waals surface area contributed by atoms with Gasteiger partial charge in [0.25, 0.3) is 0 Å². The molecule has 0 radical (unpaired) electrons. The Morgan fingerprint density at radius 3 is 2.25 bits per heavy atom. The number of nitrogens with one attached hydrogen (secondary N) is 1. The van der Waals surface area contributed by atoms with Crippen molar-refractivity contribution >= 4 is 21.6 Å². The highest BCUT2D eigenvalue weighted by Gasteiger charge is 2.22. The van der Waals surface area contributed by atoms with Crippen molar-refractivity contribution in [1.29, 1.82) is 0 Å². The van der Waals surface area contributed by atoms with Gasteiger partial charge in [0.1, 0.15) is 6.54 Å². The number of sulfonamides is 1. The number of nitrogens with zero attached hydrogens (tertiary/aromatic N) is 2. The number of rotatable bonds is 7. The molecule has 0 spiro atoms. The van der Waals surface area contributed by atoms with Crippen LogP contribution in [0.5, 0.6) is 0 Å². The lowest BCUT2D eigenvalue weighted by Gasteiger charge is -2.29. The van der Waals surface area contributed by atoms with Crippen LogP contribution in [0.4, 0.5) is 5.69 Å². The number of hydrogen-bond acceptors (Lipinski definition) is 4. The van der Waals surface area contributed by atoms with Gasteiger partial charge < -0.3 is 10.2 Å². The van der Waals surface area contributed by atoms with E-state index in [0.29, 0.717) is 18.2 Å². The van der Waals surface area contributed by atoms with Crippen LogP contribution < -0.4 is 9.62 Å². The van der Waals surface area contributed by atoms with Gasteiger partial charge in [-0.1, -0.05) is 32.9 Å². The molecule has 0 aromatic heterocycles. The first-order chi connectivity index (χ1) is 13.0. The molecule has 1 aliphatic rings. The van der Waals surface area contributed by atoms with Gasteiger partial charge in [-0.25, -0.2) is 8.42 Å². The summed E-state index contributed by atoms with van der Waals surface area (Å²) in [6.07, 6.45) is 4.39. The number of likely N-dealkylation sites (tertiary alicyclic amines) is 1. The SMILES string of the molecule is CN1CCC(CCNC(=O)CN(c2ccc(C(C)(C)C)cc2)S(C)(=O)=O)CC1. The van der Waals surface area contributed by atoms with Crippen LogP contribution in [-0.2, 0) is 20.2 Å². The van der Waals surface area contributed by atoms with Crippen molar-refractivity contribution in [3.8, 4) is 0 Å². The van der Waals surface area contributed by atoms with Gasteiger partial charge in [-0.15, -0.1) is 0 Å². The molecule has 0 aliphatic carbocycles. The number of benzene rings is 1. The Morgan fingerprint density at radius 2 is 1.75 bits per heavy atom. The highest BCUT2D eigenvalue weighted by molar-refractivity contribution is 7.92. The maximum Gasteiger partial charge on any atom is 0.240 e. The van der Waals surface area contributed by atoms with E-state index in [1.165, 1.54) is 4.31 Å². The van der Waals surface area contributed by atoms with Crippen LogP contribution in [0, 0.1) is 5.92 Å². The number of amides is 1. The van der Waals surface area contributed by atoms with E-state index in [9.17, 15) is 13.2 Å². The average Bonchev–Trinajstić information content (AvgIpc) is 2.60. The van der Waals surface area contributed by atoms with Gasteiger partial charge >= 0.3 is 0 Å². The van der Waals surface area contributed by atoms with Crippen molar-refractivity contribution in [2.75, 3.05) is 43.8 Å². The molecular formula is C21H35N3O3S. The zero-order chi connectivity index (χ0) is 20.9. The van der Waals surface area contributed by atoms with Crippen LogP contribution in [0.1, 0.15) is 45.6 Å². The summed E-state index contributed by atoms with van der Waals surface area (Å²) in [5, 5.41) is 2.89. The second kappa shape index (κ2) is 9.27. The van der Waals surface area contributed by atoms with Gasteiger partial charge in [-0.2, -0.15) is 0 Å². The number of anilines is 1.